The molecule has 0 radical (unpaired) electrons. The van der Waals surface area contributed by atoms with Crippen molar-refractivity contribution in [2.75, 3.05) is 27.2 Å². The first kappa shape index (κ1) is 11.4. The second-order valence-electron chi connectivity index (χ2n) is 5.52. The summed E-state index contributed by atoms with van der Waals surface area (Å²) in [5.41, 5.74) is 6.00. The predicted octanol–water partition coefficient (Wildman–Crippen LogP) is 0.892. The Labute approximate surface area is 93.6 Å². The second kappa shape index (κ2) is 4.81. The van der Waals surface area contributed by atoms with E-state index in [2.05, 4.69) is 23.9 Å². The average molecular weight is 211 g/mol. The molecule has 2 aliphatic rings. The maximum atomic E-state index is 6.00. The minimum atomic E-state index is 0.468. The Morgan fingerprint density at radius 2 is 2.07 bits per heavy atom. The Bertz CT molecular complexity index is 205. The number of hydrogen-bond acceptors (Lipinski definition) is 3. The molecule has 0 spiro atoms. The molecule has 0 bridgehead atoms. The lowest BCUT2D eigenvalue weighted by molar-refractivity contribution is 0.153. The fraction of sp³-hybridized carbons (Fsp3) is 1.00. The lowest BCUT2D eigenvalue weighted by Crippen LogP contribution is -2.43. The van der Waals surface area contributed by atoms with Gasteiger partial charge in [-0.15, -0.1) is 0 Å². The lowest BCUT2D eigenvalue weighted by Gasteiger charge is -2.32. The molecule has 3 heteroatoms. The lowest BCUT2D eigenvalue weighted by atomic mass is 10.1. The van der Waals surface area contributed by atoms with Crippen LogP contribution in [-0.2, 0) is 0 Å². The fourth-order valence-electron chi connectivity index (χ4n) is 3.25. The maximum Gasteiger partial charge on any atom is 0.0226 e. The Morgan fingerprint density at radius 1 is 1.27 bits per heavy atom. The van der Waals surface area contributed by atoms with Crippen LogP contribution in [0.3, 0.4) is 0 Å². The molecular formula is C12H25N3. The molecule has 0 aromatic heterocycles. The van der Waals surface area contributed by atoms with Crippen molar-refractivity contribution >= 4 is 0 Å². The van der Waals surface area contributed by atoms with E-state index < -0.39 is 0 Å². The molecule has 3 unspecified atom stereocenters. The summed E-state index contributed by atoms with van der Waals surface area (Å²) >= 11 is 0. The number of likely N-dealkylation sites (N-methyl/N-ethyl adjacent to an activating group) is 1. The molecule has 2 rings (SSSR count). The molecule has 88 valence electrons. The van der Waals surface area contributed by atoms with Gasteiger partial charge < -0.3 is 10.6 Å². The third-order valence-corrected chi connectivity index (χ3v) is 3.91. The standard InChI is InChI=1S/C12H25N3/c1-14(2)9-12-4-3-7-15(12)11-6-5-10(13)8-11/h10-12H,3-9,13H2,1-2H3. The molecule has 1 heterocycles. The van der Waals surface area contributed by atoms with Crippen LogP contribution in [0.5, 0.6) is 0 Å². The summed E-state index contributed by atoms with van der Waals surface area (Å²) in [6.07, 6.45) is 6.54. The highest BCUT2D eigenvalue weighted by molar-refractivity contribution is 4.91. The molecule has 0 aromatic carbocycles. The number of nitrogens with zero attached hydrogens (tertiary/aromatic N) is 2. The van der Waals surface area contributed by atoms with Crippen molar-refractivity contribution in [2.45, 2.75) is 50.2 Å². The third-order valence-electron chi connectivity index (χ3n) is 3.91. The Kier molecular flexibility index (Phi) is 3.65. The molecule has 2 fully saturated rings. The first-order valence-electron chi connectivity index (χ1n) is 6.33. The van der Waals surface area contributed by atoms with E-state index in [0.717, 1.165) is 12.1 Å². The van der Waals surface area contributed by atoms with Gasteiger partial charge in [-0.3, -0.25) is 4.90 Å². The second-order valence-corrected chi connectivity index (χ2v) is 5.52. The van der Waals surface area contributed by atoms with E-state index in [0.29, 0.717) is 6.04 Å². The normalized spacial score (nSPS) is 38.0. The van der Waals surface area contributed by atoms with E-state index in [4.69, 9.17) is 5.73 Å². The summed E-state index contributed by atoms with van der Waals surface area (Å²) in [5.74, 6) is 0. The SMILES string of the molecule is CN(C)CC1CCCN1C1CCC(N)C1. The summed E-state index contributed by atoms with van der Waals surface area (Å²) < 4.78 is 0. The third kappa shape index (κ3) is 2.71. The van der Waals surface area contributed by atoms with Gasteiger partial charge in [-0.25, -0.2) is 0 Å². The summed E-state index contributed by atoms with van der Waals surface area (Å²) in [6, 6.07) is 2.04. The molecule has 1 saturated heterocycles. The largest absolute Gasteiger partial charge is 0.328 e. The summed E-state index contributed by atoms with van der Waals surface area (Å²) in [4.78, 5) is 5.05. The van der Waals surface area contributed by atoms with E-state index in [1.807, 2.05) is 0 Å². The molecule has 0 amide bonds. The van der Waals surface area contributed by atoms with E-state index in [1.165, 1.54) is 45.2 Å². The molecule has 2 N–H and O–H groups in total. The summed E-state index contributed by atoms with van der Waals surface area (Å²) in [7, 11) is 4.35. The van der Waals surface area contributed by atoms with Gasteiger partial charge in [0.2, 0.25) is 0 Å². The van der Waals surface area contributed by atoms with E-state index in [9.17, 15) is 0 Å². The molecule has 3 nitrogen and oxygen atoms in total. The van der Waals surface area contributed by atoms with Crippen LogP contribution in [0.2, 0.25) is 0 Å². The monoisotopic (exact) mass is 211 g/mol. The van der Waals surface area contributed by atoms with Gasteiger partial charge in [0.05, 0.1) is 0 Å². The van der Waals surface area contributed by atoms with Crippen LogP contribution in [0.25, 0.3) is 0 Å². The van der Waals surface area contributed by atoms with Crippen LogP contribution in [0.1, 0.15) is 32.1 Å². The van der Waals surface area contributed by atoms with Crippen molar-refractivity contribution < 1.29 is 0 Å². The van der Waals surface area contributed by atoms with Crippen molar-refractivity contribution in [3.05, 3.63) is 0 Å². The molecule has 15 heavy (non-hydrogen) atoms. The molecule has 0 aromatic rings. The Morgan fingerprint density at radius 3 is 2.67 bits per heavy atom. The van der Waals surface area contributed by atoms with Gasteiger partial charge in [0.25, 0.3) is 0 Å². The quantitative estimate of drug-likeness (QED) is 0.752. The highest BCUT2D eigenvalue weighted by Gasteiger charge is 2.34. The summed E-state index contributed by atoms with van der Waals surface area (Å²) in [5, 5.41) is 0. The topological polar surface area (TPSA) is 32.5 Å². The van der Waals surface area contributed by atoms with Gasteiger partial charge in [-0.2, -0.15) is 0 Å². The van der Waals surface area contributed by atoms with Crippen LogP contribution >= 0.6 is 0 Å². The minimum Gasteiger partial charge on any atom is -0.328 e. The van der Waals surface area contributed by atoms with Gasteiger partial charge in [0, 0.05) is 24.7 Å². The van der Waals surface area contributed by atoms with Gasteiger partial charge in [-0.05, 0) is 52.7 Å². The van der Waals surface area contributed by atoms with Gasteiger partial charge in [0.15, 0.2) is 0 Å². The number of rotatable bonds is 3. The summed E-state index contributed by atoms with van der Waals surface area (Å²) in [6.45, 7) is 2.52. The average Bonchev–Trinajstić information content (AvgIpc) is 2.72. The number of hydrogen-bond donors (Lipinski definition) is 1. The minimum absolute atomic E-state index is 0.468. The van der Waals surface area contributed by atoms with Crippen LogP contribution in [0.4, 0.5) is 0 Å². The molecular weight excluding hydrogens is 186 g/mol. The van der Waals surface area contributed by atoms with E-state index >= 15 is 0 Å². The van der Waals surface area contributed by atoms with E-state index in [1.54, 1.807) is 0 Å². The van der Waals surface area contributed by atoms with Crippen molar-refractivity contribution in [1.82, 2.24) is 9.80 Å². The van der Waals surface area contributed by atoms with E-state index in [-0.39, 0.29) is 0 Å². The van der Waals surface area contributed by atoms with Gasteiger partial charge in [-0.1, -0.05) is 0 Å². The highest BCUT2D eigenvalue weighted by Crippen LogP contribution is 2.29. The molecule has 3 atom stereocenters. The Balaban J connectivity index is 1.89. The van der Waals surface area contributed by atoms with Crippen molar-refractivity contribution in [1.29, 1.82) is 0 Å². The zero-order chi connectivity index (χ0) is 10.8. The molecule has 1 aliphatic carbocycles. The number of likely N-dealkylation sites (tertiary alicyclic amines) is 1. The highest BCUT2D eigenvalue weighted by atomic mass is 15.2. The van der Waals surface area contributed by atoms with Crippen LogP contribution < -0.4 is 5.73 Å². The number of nitrogens with two attached hydrogens (primary N) is 1. The van der Waals surface area contributed by atoms with Crippen molar-refractivity contribution in [3.63, 3.8) is 0 Å². The zero-order valence-electron chi connectivity index (χ0n) is 10.2. The first-order valence-corrected chi connectivity index (χ1v) is 6.33. The van der Waals surface area contributed by atoms with Crippen LogP contribution in [-0.4, -0.2) is 55.1 Å². The Hall–Kier alpha value is -0.120. The smallest absolute Gasteiger partial charge is 0.0226 e. The molecule has 1 saturated carbocycles. The van der Waals surface area contributed by atoms with Gasteiger partial charge >= 0.3 is 0 Å². The van der Waals surface area contributed by atoms with Crippen molar-refractivity contribution in [3.8, 4) is 0 Å². The zero-order valence-corrected chi connectivity index (χ0v) is 10.2. The molecule has 1 aliphatic heterocycles. The first-order chi connectivity index (χ1) is 7.16. The maximum absolute atomic E-state index is 6.00. The van der Waals surface area contributed by atoms with Crippen molar-refractivity contribution in [2.24, 2.45) is 5.73 Å². The van der Waals surface area contributed by atoms with Gasteiger partial charge in [0.1, 0.15) is 0 Å². The van der Waals surface area contributed by atoms with Crippen LogP contribution in [0, 0.1) is 0 Å². The fourth-order valence-corrected chi connectivity index (χ4v) is 3.25. The van der Waals surface area contributed by atoms with Crippen LogP contribution in [0.15, 0.2) is 0 Å². The predicted molar refractivity (Wildman–Crippen MR) is 63.9 cm³/mol.